The molecule has 12 nitrogen and oxygen atoms in total. The Morgan fingerprint density at radius 2 is 0.756 bits per heavy atom. The molecule has 0 atom stereocenters. The van der Waals surface area contributed by atoms with Crippen LogP contribution in [-0.4, -0.2) is 81.9 Å². The zero-order chi connectivity index (χ0) is 31.9. The molecule has 0 radical (unpaired) electrons. The fourth-order valence-corrected chi connectivity index (χ4v) is 2.35. The highest BCUT2D eigenvalue weighted by Crippen LogP contribution is 2.25. The summed E-state index contributed by atoms with van der Waals surface area (Å²) in [5, 5.41) is 0. The van der Waals surface area contributed by atoms with Crippen LogP contribution in [0, 0.1) is 10.8 Å². The molecule has 0 saturated carbocycles. The van der Waals surface area contributed by atoms with Gasteiger partial charge in [0.2, 0.25) is 0 Å². The molecule has 0 saturated heterocycles. The van der Waals surface area contributed by atoms with Crippen molar-refractivity contribution in [2.45, 2.75) is 13.8 Å². The van der Waals surface area contributed by atoms with Crippen molar-refractivity contribution in [2.24, 2.45) is 10.8 Å². The molecule has 0 N–H and O–H groups in total. The summed E-state index contributed by atoms with van der Waals surface area (Å²) in [7, 11) is 0. The second kappa shape index (κ2) is 21.3. The Kier molecular flexibility index (Phi) is 20.0. The minimum atomic E-state index is -1.35. The maximum Gasteiger partial charge on any atom is 0.330 e. The topological polar surface area (TPSA) is 158 Å². The van der Waals surface area contributed by atoms with Crippen LogP contribution in [0.2, 0.25) is 0 Å². The van der Waals surface area contributed by atoms with Crippen molar-refractivity contribution in [1.29, 1.82) is 0 Å². The maximum absolute atomic E-state index is 11.7. The van der Waals surface area contributed by atoms with Crippen molar-refractivity contribution in [1.82, 2.24) is 0 Å². The van der Waals surface area contributed by atoms with Gasteiger partial charge in [-0.15, -0.1) is 0 Å². The van der Waals surface area contributed by atoms with Gasteiger partial charge in [-0.1, -0.05) is 46.4 Å². The summed E-state index contributed by atoms with van der Waals surface area (Å²) in [4.78, 5) is 67.9. The van der Waals surface area contributed by atoms with Crippen LogP contribution in [-0.2, 0) is 57.2 Å². The lowest BCUT2D eigenvalue weighted by Crippen LogP contribution is -2.45. The Bertz CT molecular complexity index is 908. The van der Waals surface area contributed by atoms with E-state index in [4.69, 9.17) is 28.4 Å². The number of ether oxygens (including phenoxy) is 6. The van der Waals surface area contributed by atoms with Crippen LogP contribution < -0.4 is 0 Å². The normalized spacial score (nSPS) is 10.2. The molecule has 0 aromatic heterocycles. The summed E-state index contributed by atoms with van der Waals surface area (Å²) in [6.07, 6.45) is 6.00. The lowest BCUT2D eigenvalue weighted by Gasteiger charge is -2.34. The molecule has 0 aliphatic rings. The second-order valence-electron chi connectivity index (χ2n) is 8.68. The predicted octanol–water partition coefficient (Wildman–Crippen LogP) is 2.40. The molecule has 0 bridgehead atoms. The van der Waals surface area contributed by atoms with E-state index in [9.17, 15) is 28.8 Å². The Morgan fingerprint density at radius 3 is 1.00 bits per heavy atom. The molecule has 41 heavy (non-hydrogen) atoms. The molecule has 12 heteroatoms. The monoisotopic (exact) mass is 578 g/mol. The number of rotatable bonds is 20. The molecule has 0 heterocycles. The van der Waals surface area contributed by atoms with Crippen molar-refractivity contribution >= 4 is 35.6 Å². The van der Waals surface area contributed by atoms with Crippen LogP contribution in [0.25, 0.3) is 0 Å². The fraction of sp³-hybridized carbons (Fsp3) is 0.379. The van der Waals surface area contributed by atoms with Gasteiger partial charge in [0.05, 0.1) is 24.0 Å². The van der Waals surface area contributed by atoms with E-state index in [1.54, 1.807) is 6.92 Å². The van der Waals surface area contributed by atoms with E-state index in [2.05, 4.69) is 39.5 Å². The summed E-state index contributed by atoms with van der Waals surface area (Å²) in [5.41, 5.74) is -2.39. The number of hydrogen-bond acceptors (Lipinski definition) is 12. The highest BCUT2D eigenvalue weighted by atomic mass is 16.6. The molecule has 0 unspecified atom stereocenters. The van der Waals surface area contributed by atoms with Crippen molar-refractivity contribution in [3.05, 3.63) is 75.9 Å². The van der Waals surface area contributed by atoms with Gasteiger partial charge in [-0.05, 0) is 13.0 Å². The highest BCUT2D eigenvalue weighted by Gasteiger charge is 2.38. The molecule has 226 valence electrons. The number of carbonyl (C=O) groups is 6. The van der Waals surface area contributed by atoms with E-state index in [1.165, 1.54) is 13.0 Å². The molecule has 0 rings (SSSR count). The number of esters is 5. The van der Waals surface area contributed by atoms with Gasteiger partial charge >= 0.3 is 29.8 Å². The van der Waals surface area contributed by atoms with E-state index < -0.39 is 40.7 Å². The number of hydrogen-bond donors (Lipinski definition) is 0. The van der Waals surface area contributed by atoms with Gasteiger partial charge in [0.1, 0.15) is 33.0 Å². The molecule has 0 aromatic rings. The lowest BCUT2D eigenvalue weighted by atomic mass is 9.91. The van der Waals surface area contributed by atoms with Crippen LogP contribution >= 0.6 is 0 Å². The summed E-state index contributed by atoms with van der Waals surface area (Å²) >= 11 is 0. The SMILES string of the molecule is C=CC(=O)OCC(C)(COCC(COC(=O)C=C)(COC(=O)C=C)COC(=O)C=C)COC(=O)C=C.C=CC(C)=O. The summed E-state index contributed by atoms with van der Waals surface area (Å²) < 4.78 is 31.4. The molecule has 0 aliphatic carbocycles. The first kappa shape index (κ1) is 38.6. The predicted molar refractivity (Wildman–Crippen MR) is 148 cm³/mol. The van der Waals surface area contributed by atoms with E-state index in [0.29, 0.717) is 0 Å². The Labute approximate surface area is 239 Å². The first-order valence-electron chi connectivity index (χ1n) is 11.9. The fourth-order valence-electron chi connectivity index (χ4n) is 2.35. The van der Waals surface area contributed by atoms with Crippen molar-refractivity contribution in [3.8, 4) is 0 Å². The highest BCUT2D eigenvalue weighted by molar-refractivity contribution is 5.86. The molecule has 0 spiro atoms. The van der Waals surface area contributed by atoms with Crippen LogP contribution in [0.4, 0.5) is 0 Å². The second-order valence-corrected chi connectivity index (χ2v) is 8.68. The molecular formula is C29H38O12. The standard InChI is InChI=1S/C25H32O11.C4H6O/c1-7-19(26)32-13-24(6,14-33-20(27)8-2)12-31-15-25(16-34-21(28)9-3,17-35-22(29)10-4)18-36-23(30)11-5;1-3-4(2)5/h7-11H,1-5,12-18H2,6H3;3H,1H2,2H3. The van der Waals surface area contributed by atoms with Crippen molar-refractivity contribution < 1.29 is 57.2 Å². The van der Waals surface area contributed by atoms with Gasteiger partial charge < -0.3 is 28.4 Å². The zero-order valence-corrected chi connectivity index (χ0v) is 23.6. The number of carbonyl (C=O) groups excluding carboxylic acids is 6. The third-order valence-electron chi connectivity index (χ3n) is 4.67. The summed E-state index contributed by atoms with van der Waals surface area (Å²) in [6, 6.07) is 0. The smallest absolute Gasteiger partial charge is 0.330 e. The minimum absolute atomic E-state index is 0.0185. The van der Waals surface area contributed by atoms with E-state index >= 15 is 0 Å². The van der Waals surface area contributed by atoms with Gasteiger partial charge in [-0.25, -0.2) is 24.0 Å². The van der Waals surface area contributed by atoms with E-state index in [1.807, 2.05) is 0 Å². The third-order valence-corrected chi connectivity index (χ3v) is 4.67. The van der Waals surface area contributed by atoms with Crippen LogP contribution in [0.1, 0.15) is 13.8 Å². The van der Waals surface area contributed by atoms with Gasteiger partial charge in [0, 0.05) is 30.4 Å². The number of allylic oxidation sites excluding steroid dienone is 1. The first-order chi connectivity index (χ1) is 19.2. The van der Waals surface area contributed by atoms with E-state index in [-0.39, 0.29) is 52.0 Å². The van der Waals surface area contributed by atoms with Gasteiger partial charge in [0.15, 0.2) is 5.78 Å². The van der Waals surface area contributed by atoms with Crippen LogP contribution in [0.3, 0.4) is 0 Å². The zero-order valence-electron chi connectivity index (χ0n) is 23.6. The quantitative estimate of drug-likeness (QED) is 0.118. The Morgan fingerprint density at radius 1 is 0.488 bits per heavy atom. The van der Waals surface area contributed by atoms with Crippen LogP contribution in [0.5, 0.6) is 0 Å². The molecule has 0 amide bonds. The molecule has 0 aliphatic heterocycles. The summed E-state index contributed by atoms with van der Waals surface area (Å²) in [6.45, 7) is 20.9. The minimum Gasteiger partial charge on any atom is -0.462 e. The van der Waals surface area contributed by atoms with Gasteiger partial charge in [-0.3, -0.25) is 4.79 Å². The van der Waals surface area contributed by atoms with Crippen molar-refractivity contribution in [3.63, 3.8) is 0 Å². The molecule has 0 aromatic carbocycles. The Hall–Kier alpha value is -4.58. The molecule has 0 fully saturated rings. The Balaban J connectivity index is 0. The van der Waals surface area contributed by atoms with E-state index in [0.717, 1.165) is 30.4 Å². The largest absolute Gasteiger partial charge is 0.462 e. The number of ketones is 1. The average molecular weight is 579 g/mol. The van der Waals surface area contributed by atoms with Crippen molar-refractivity contribution in [2.75, 3.05) is 46.2 Å². The van der Waals surface area contributed by atoms with Crippen LogP contribution in [0.15, 0.2) is 75.9 Å². The van der Waals surface area contributed by atoms with Gasteiger partial charge in [0.25, 0.3) is 0 Å². The average Bonchev–Trinajstić information content (AvgIpc) is 2.98. The maximum atomic E-state index is 11.7. The summed E-state index contributed by atoms with van der Waals surface area (Å²) in [5.74, 6) is -3.71. The molecular weight excluding hydrogens is 540 g/mol. The first-order valence-corrected chi connectivity index (χ1v) is 11.9. The van der Waals surface area contributed by atoms with Gasteiger partial charge in [-0.2, -0.15) is 0 Å². The third kappa shape index (κ3) is 19.2. The lowest BCUT2D eigenvalue weighted by molar-refractivity contribution is -0.164.